The Hall–Kier alpha value is -3.03. The van der Waals surface area contributed by atoms with Crippen LogP contribution in [0.15, 0.2) is 36.0 Å². The van der Waals surface area contributed by atoms with E-state index in [0.29, 0.717) is 18.7 Å². The maximum Gasteiger partial charge on any atom is 0.407 e. The van der Waals surface area contributed by atoms with Crippen molar-refractivity contribution in [2.75, 3.05) is 11.9 Å². The van der Waals surface area contributed by atoms with E-state index in [2.05, 4.69) is 10.6 Å². The second-order valence-corrected chi connectivity index (χ2v) is 6.22. The molecular formula is C17H18N2O6. The zero-order valence-electron chi connectivity index (χ0n) is 13.8. The van der Waals surface area contributed by atoms with E-state index < -0.39 is 23.8 Å². The fourth-order valence-corrected chi connectivity index (χ4v) is 2.49. The highest BCUT2D eigenvalue weighted by Crippen LogP contribution is 2.22. The molecule has 1 aromatic carbocycles. The number of ether oxygens (including phenoxy) is 3. The molecule has 3 rings (SSSR count). The molecule has 0 aliphatic carbocycles. The van der Waals surface area contributed by atoms with Crippen LogP contribution in [0, 0.1) is 0 Å². The molecule has 2 heterocycles. The second-order valence-electron chi connectivity index (χ2n) is 6.22. The summed E-state index contributed by atoms with van der Waals surface area (Å²) < 4.78 is 14.9. The van der Waals surface area contributed by atoms with Gasteiger partial charge in [0.15, 0.2) is 5.57 Å². The Bertz CT molecular complexity index is 716. The molecule has 1 amide bonds. The van der Waals surface area contributed by atoms with Gasteiger partial charge in [0.25, 0.3) is 5.79 Å². The van der Waals surface area contributed by atoms with Crippen LogP contribution in [0.3, 0.4) is 0 Å². The lowest BCUT2D eigenvalue weighted by atomic mass is 10.1. The Kier molecular flexibility index (Phi) is 4.35. The van der Waals surface area contributed by atoms with Crippen molar-refractivity contribution in [3.05, 3.63) is 41.6 Å². The SMILES string of the molecule is CC1(C)OC(=O)C(=CNc2ccc(CC3COC(=O)N3)cc2)C(=O)O1. The lowest BCUT2D eigenvalue weighted by Gasteiger charge is -2.29. The zero-order chi connectivity index (χ0) is 18.0. The number of anilines is 1. The molecule has 2 aliphatic rings. The van der Waals surface area contributed by atoms with Gasteiger partial charge in [-0.1, -0.05) is 12.1 Å². The monoisotopic (exact) mass is 346 g/mol. The topological polar surface area (TPSA) is 103 Å². The van der Waals surface area contributed by atoms with Gasteiger partial charge in [-0.3, -0.25) is 0 Å². The van der Waals surface area contributed by atoms with Crippen LogP contribution in [-0.4, -0.2) is 36.5 Å². The molecule has 2 saturated heterocycles. The van der Waals surface area contributed by atoms with Gasteiger partial charge in [-0.05, 0) is 24.1 Å². The zero-order valence-corrected chi connectivity index (χ0v) is 13.8. The van der Waals surface area contributed by atoms with Crippen molar-refractivity contribution in [2.45, 2.75) is 32.1 Å². The molecule has 0 radical (unpaired) electrons. The van der Waals surface area contributed by atoms with Gasteiger partial charge in [0, 0.05) is 25.7 Å². The van der Waals surface area contributed by atoms with Crippen LogP contribution >= 0.6 is 0 Å². The number of amides is 1. The van der Waals surface area contributed by atoms with Gasteiger partial charge in [-0.15, -0.1) is 0 Å². The Morgan fingerprint density at radius 1 is 1.16 bits per heavy atom. The molecule has 0 bridgehead atoms. The first-order valence-electron chi connectivity index (χ1n) is 7.78. The standard InChI is InChI=1S/C17H18N2O6/c1-17(2)24-14(20)13(15(21)25-17)8-18-11-5-3-10(4-6-11)7-12-9-23-16(22)19-12/h3-6,8,12,18H,7,9H2,1-2H3,(H,19,22). The molecule has 2 N–H and O–H groups in total. The number of carbonyl (C=O) groups is 3. The molecule has 1 aromatic rings. The van der Waals surface area contributed by atoms with E-state index in [1.807, 2.05) is 12.1 Å². The van der Waals surface area contributed by atoms with E-state index in [1.54, 1.807) is 12.1 Å². The Balaban J connectivity index is 1.61. The van der Waals surface area contributed by atoms with Crippen LogP contribution in [-0.2, 0) is 30.2 Å². The molecule has 0 spiro atoms. The van der Waals surface area contributed by atoms with E-state index >= 15 is 0 Å². The van der Waals surface area contributed by atoms with Crippen LogP contribution in [0.25, 0.3) is 0 Å². The number of benzene rings is 1. The largest absolute Gasteiger partial charge is 0.447 e. The number of alkyl carbamates (subject to hydrolysis) is 1. The number of carbonyl (C=O) groups excluding carboxylic acids is 3. The molecule has 2 aliphatic heterocycles. The van der Waals surface area contributed by atoms with Crippen LogP contribution < -0.4 is 10.6 Å². The van der Waals surface area contributed by atoms with E-state index in [4.69, 9.17) is 14.2 Å². The number of cyclic esters (lactones) is 3. The lowest BCUT2D eigenvalue weighted by Crippen LogP contribution is -2.42. The first kappa shape index (κ1) is 16.8. The van der Waals surface area contributed by atoms with E-state index in [-0.39, 0.29) is 11.6 Å². The molecular weight excluding hydrogens is 328 g/mol. The Morgan fingerprint density at radius 3 is 2.36 bits per heavy atom. The molecule has 0 aromatic heterocycles. The summed E-state index contributed by atoms with van der Waals surface area (Å²) in [4.78, 5) is 34.7. The maximum absolute atomic E-state index is 11.8. The fraction of sp³-hybridized carbons (Fsp3) is 0.353. The quantitative estimate of drug-likeness (QED) is 0.483. The third-order valence-electron chi connectivity index (χ3n) is 3.67. The lowest BCUT2D eigenvalue weighted by molar-refractivity contribution is -0.222. The molecule has 8 heteroatoms. The van der Waals surface area contributed by atoms with Gasteiger partial charge >= 0.3 is 18.0 Å². The average Bonchev–Trinajstić information content (AvgIpc) is 2.92. The highest BCUT2D eigenvalue weighted by Gasteiger charge is 2.38. The first-order chi connectivity index (χ1) is 11.8. The Morgan fingerprint density at radius 2 is 1.80 bits per heavy atom. The first-order valence-corrected chi connectivity index (χ1v) is 7.78. The average molecular weight is 346 g/mol. The predicted molar refractivity (Wildman–Crippen MR) is 86.4 cm³/mol. The van der Waals surface area contributed by atoms with Crippen LogP contribution in [0.1, 0.15) is 19.4 Å². The number of nitrogens with one attached hydrogen (secondary N) is 2. The van der Waals surface area contributed by atoms with Crippen LogP contribution in [0.4, 0.5) is 10.5 Å². The summed E-state index contributed by atoms with van der Waals surface area (Å²) in [7, 11) is 0. The summed E-state index contributed by atoms with van der Waals surface area (Å²) in [5, 5.41) is 5.58. The number of rotatable bonds is 4. The molecule has 8 nitrogen and oxygen atoms in total. The number of esters is 2. The maximum atomic E-state index is 11.8. The van der Waals surface area contributed by atoms with Crippen molar-refractivity contribution < 1.29 is 28.6 Å². The summed E-state index contributed by atoms with van der Waals surface area (Å²) in [6, 6.07) is 7.32. The van der Waals surface area contributed by atoms with Crippen molar-refractivity contribution >= 4 is 23.7 Å². The number of hydrogen-bond acceptors (Lipinski definition) is 7. The van der Waals surface area contributed by atoms with Crippen molar-refractivity contribution in [3.63, 3.8) is 0 Å². The summed E-state index contributed by atoms with van der Waals surface area (Å²) in [6.07, 6.45) is 1.52. The third-order valence-corrected chi connectivity index (χ3v) is 3.67. The van der Waals surface area contributed by atoms with Crippen molar-refractivity contribution in [3.8, 4) is 0 Å². The molecule has 132 valence electrons. The van der Waals surface area contributed by atoms with Gasteiger partial charge in [0.05, 0.1) is 6.04 Å². The minimum atomic E-state index is -1.26. The van der Waals surface area contributed by atoms with Gasteiger partial charge < -0.3 is 24.8 Å². The summed E-state index contributed by atoms with van der Waals surface area (Å²) in [5.74, 6) is -2.73. The molecule has 1 atom stereocenters. The predicted octanol–water partition coefficient (Wildman–Crippen LogP) is 1.47. The van der Waals surface area contributed by atoms with Crippen LogP contribution in [0.2, 0.25) is 0 Å². The molecule has 2 fully saturated rings. The van der Waals surface area contributed by atoms with Crippen molar-refractivity contribution in [1.29, 1.82) is 0 Å². The van der Waals surface area contributed by atoms with Crippen LogP contribution in [0.5, 0.6) is 0 Å². The highest BCUT2D eigenvalue weighted by atomic mass is 16.7. The smallest absolute Gasteiger partial charge is 0.407 e. The van der Waals surface area contributed by atoms with Crippen molar-refractivity contribution in [1.82, 2.24) is 5.32 Å². The summed E-state index contributed by atoms with van der Waals surface area (Å²) >= 11 is 0. The Labute approximate surface area is 144 Å². The minimum Gasteiger partial charge on any atom is -0.447 e. The van der Waals surface area contributed by atoms with Gasteiger partial charge in [-0.25, -0.2) is 14.4 Å². The normalized spacial score (nSPS) is 21.8. The summed E-state index contributed by atoms with van der Waals surface area (Å²) in [5.41, 5.74) is 1.51. The second kappa shape index (κ2) is 6.46. The van der Waals surface area contributed by atoms with Gasteiger partial charge in [0.1, 0.15) is 6.61 Å². The summed E-state index contributed by atoms with van der Waals surface area (Å²) in [6.45, 7) is 3.33. The molecule has 1 unspecified atom stereocenters. The van der Waals surface area contributed by atoms with Gasteiger partial charge in [0.2, 0.25) is 0 Å². The molecule has 25 heavy (non-hydrogen) atoms. The van der Waals surface area contributed by atoms with E-state index in [9.17, 15) is 14.4 Å². The molecule has 0 saturated carbocycles. The minimum absolute atomic E-state index is 0.0384. The van der Waals surface area contributed by atoms with Crippen molar-refractivity contribution in [2.24, 2.45) is 0 Å². The highest BCUT2D eigenvalue weighted by molar-refractivity contribution is 6.15. The number of hydrogen-bond donors (Lipinski definition) is 2. The van der Waals surface area contributed by atoms with Gasteiger partial charge in [-0.2, -0.15) is 0 Å². The van der Waals surface area contributed by atoms with E-state index in [1.165, 1.54) is 20.0 Å². The third kappa shape index (κ3) is 4.09. The van der Waals surface area contributed by atoms with E-state index in [0.717, 1.165) is 5.56 Å². The fourth-order valence-electron chi connectivity index (χ4n) is 2.49.